The molecule has 98 valence electrons. The Morgan fingerprint density at radius 1 is 1.37 bits per heavy atom. The van der Waals surface area contributed by atoms with Gasteiger partial charge in [-0.2, -0.15) is 0 Å². The van der Waals surface area contributed by atoms with Crippen LogP contribution < -0.4 is 5.32 Å². The van der Waals surface area contributed by atoms with Crippen molar-refractivity contribution in [1.82, 2.24) is 19.9 Å². The van der Waals surface area contributed by atoms with Crippen molar-refractivity contribution in [1.29, 1.82) is 0 Å². The maximum atomic E-state index is 12.0. The lowest BCUT2D eigenvalue weighted by Gasteiger charge is -2.38. The van der Waals surface area contributed by atoms with Crippen molar-refractivity contribution in [3.05, 3.63) is 41.7 Å². The molecule has 2 amide bonds. The number of likely N-dealkylation sites (tertiary alicyclic amines) is 1. The number of para-hydroxylation sites is 1. The van der Waals surface area contributed by atoms with Crippen LogP contribution in [0.4, 0.5) is 10.5 Å². The lowest BCUT2D eigenvalue weighted by molar-refractivity contribution is 0.127. The van der Waals surface area contributed by atoms with Gasteiger partial charge in [0.1, 0.15) is 0 Å². The summed E-state index contributed by atoms with van der Waals surface area (Å²) >= 11 is 5.99. The van der Waals surface area contributed by atoms with Crippen molar-refractivity contribution >= 4 is 23.3 Å². The summed E-state index contributed by atoms with van der Waals surface area (Å²) in [5.74, 6) is 0. The van der Waals surface area contributed by atoms with Gasteiger partial charge in [-0.25, -0.2) is 9.48 Å². The van der Waals surface area contributed by atoms with Crippen LogP contribution in [0, 0.1) is 0 Å². The van der Waals surface area contributed by atoms with Crippen LogP contribution in [0.2, 0.25) is 5.02 Å². The summed E-state index contributed by atoms with van der Waals surface area (Å²) in [5.41, 5.74) is 0.623. The lowest BCUT2D eigenvalue weighted by Crippen LogP contribution is -2.52. The fourth-order valence-corrected chi connectivity index (χ4v) is 2.14. The van der Waals surface area contributed by atoms with Gasteiger partial charge in [-0.15, -0.1) is 5.10 Å². The number of carbonyl (C=O) groups excluding carboxylic acids is 1. The molecule has 1 N–H and O–H groups in total. The van der Waals surface area contributed by atoms with Crippen LogP contribution >= 0.6 is 11.6 Å². The molecule has 19 heavy (non-hydrogen) atoms. The average molecular weight is 278 g/mol. The molecule has 0 bridgehead atoms. The average Bonchev–Trinajstić information content (AvgIpc) is 2.84. The van der Waals surface area contributed by atoms with Gasteiger partial charge in [0.2, 0.25) is 0 Å². The number of nitrogens with zero attached hydrogens (tertiary/aromatic N) is 4. The van der Waals surface area contributed by atoms with E-state index in [4.69, 9.17) is 11.6 Å². The molecular weight excluding hydrogens is 266 g/mol. The van der Waals surface area contributed by atoms with Crippen LogP contribution in [0.5, 0.6) is 0 Å². The molecular formula is C12H12ClN5O. The quantitative estimate of drug-likeness (QED) is 0.913. The van der Waals surface area contributed by atoms with E-state index in [9.17, 15) is 4.79 Å². The number of hydrogen-bond donors (Lipinski definition) is 1. The van der Waals surface area contributed by atoms with Gasteiger partial charge in [-0.3, -0.25) is 0 Å². The highest BCUT2D eigenvalue weighted by Crippen LogP contribution is 2.24. The minimum Gasteiger partial charge on any atom is -0.320 e. The number of rotatable bonds is 2. The maximum Gasteiger partial charge on any atom is 0.322 e. The molecule has 0 spiro atoms. The molecule has 0 saturated carbocycles. The van der Waals surface area contributed by atoms with Crippen molar-refractivity contribution in [3.63, 3.8) is 0 Å². The summed E-state index contributed by atoms with van der Waals surface area (Å²) in [6.07, 6.45) is 3.43. The highest BCUT2D eigenvalue weighted by molar-refractivity contribution is 6.33. The van der Waals surface area contributed by atoms with Crippen molar-refractivity contribution in [3.8, 4) is 0 Å². The van der Waals surface area contributed by atoms with E-state index in [-0.39, 0.29) is 12.1 Å². The van der Waals surface area contributed by atoms with Crippen LogP contribution in [0.15, 0.2) is 36.7 Å². The first-order chi connectivity index (χ1) is 9.24. The zero-order valence-corrected chi connectivity index (χ0v) is 10.8. The van der Waals surface area contributed by atoms with Crippen LogP contribution in [0.3, 0.4) is 0 Å². The van der Waals surface area contributed by atoms with E-state index in [1.807, 2.05) is 12.1 Å². The highest BCUT2D eigenvalue weighted by atomic mass is 35.5. The second-order valence-electron chi connectivity index (χ2n) is 4.35. The SMILES string of the molecule is O=C(Nc1ccccc1Cl)N1CC(n2ccnn2)C1. The predicted octanol–water partition coefficient (Wildman–Crippen LogP) is 2.02. The predicted molar refractivity (Wildman–Crippen MR) is 71.1 cm³/mol. The molecule has 1 aliphatic rings. The first kappa shape index (κ1) is 12.0. The molecule has 1 aromatic carbocycles. The van der Waals surface area contributed by atoms with Crippen LogP contribution in [0.1, 0.15) is 6.04 Å². The van der Waals surface area contributed by atoms with E-state index in [2.05, 4.69) is 15.6 Å². The molecule has 0 aliphatic carbocycles. The van der Waals surface area contributed by atoms with Gasteiger partial charge in [0.25, 0.3) is 0 Å². The molecule has 1 saturated heterocycles. The van der Waals surface area contributed by atoms with Crippen molar-refractivity contribution in [2.24, 2.45) is 0 Å². The standard InChI is InChI=1S/C12H12ClN5O/c13-10-3-1-2-4-11(10)15-12(19)17-7-9(8-17)18-6-5-14-16-18/h1-6,9H,7-8H2,(H,15,19). The zero-order valence-electron chi connectivity index (χ0n) is 10.0. The van der Waals surface area contributed by atoms with Crippen LogP contribution in [-0.2, 0) is 0 Å². The minimum atomic E-state index is -0.149. The van der Waals surface area contributed by atoms with Crippen LogP contribution in [0.25, 0.3) is 0 Å². The third-order valence-electron chi connectivity index (χ3n) is 3.08. The molecule has 2 heterocycles. The van der Waals surface area contributed by atoms with Crippen molar-refractivity contribution in [2.75, 3.05) is 18.4 Å². The molecule has 6 nitrogen and oxygen atoms in total. The van der Waals surface area contributed by atoms with Crippen LogP contribution in [-0.4, -0.2) is 39.0 Å². The second kappa shape index (κ2) is 4.89. The van der Waals surface area contributed by atoms with E-state index in [0.717, 1.165) is 0 Å². The van der Waals surface area contributed by atoms with Gasteiger partial charge in [-0.1, -0.05) is 28.9 Å². The Kier molecular flexibility index (Phi) is 3.08. The summed E-state index contributed by atoms with van der Waals surface area (Å²) in [7, 11) is 0. The van der Waals surface area contributed by atoms with E-state index in [0.29, 0.717) is 23.8 Å². The third-order valence-corrected chi connectivity index (χ3v) is 3.41. The van der Waals surface area contributed by atoms with Gasteiger partial charge >= 0.3 is 6.03 Å². The Bertz CT molecular complexity index is 580. The normalized spacial score (nSPS) is 15.1. The Labute approximate surface area is 115 Å². The number of nitrogens with one attached hydrogen (secondary N) is 1. The molecule has 0 radical (unpaired) electrons. The first-order valence-corrected chi connectivity index (χ1v) is 6.28. The number of amides is 2. The monoisotopic (exact) mass is 277 g/mol. The highest BCUT2D eigenvalue weighted by Gasteiger charge is 2.32. The number of hydrogen-bond acceptors (Lipinski definition) is 3. The second-order valence-corrected chi connectivity index (χ2v) is 4.76. The number of urea groups is 1. The topological polar surface area (TPSA) is 63.1 Å². The van der Waals surface area contributed by atoms with Gasteiger partial charge in [-0.05, 0) is 12.1 Å². The van der Waals surface area contributed by atoms with Gasteiger partial charge in [0.15, 0.2) is 0 Å². The Balaban J connectivity index is 1.57. The molecule has 7 heteroatoms. The number of aromatic nitrogens is 3. The Morgan fingerprint density at radius 3 is 2.84 bits per heavy atom. The Hall–Kier alpha value is -2.08. The molecule has 3 rings (SSSR count). The lowest BCUT2D eigenvalue weighted by atomic mass is 10.1. The molecule has 0 atom stereocenters. The molecule has 2 aromatic rings. The summed E-state index contributed by atoms with van der Waals surface area (Å²) in [6.45, 7) is 1.25. The van der Waals surface area contributed by atoms with Crippen molar-refractivity contribution < 1.29 is 4.79 Å². The molecule has 1 aliphatic heterocycles. The minimum absolute atomic E-state index is 0.149. The number of benzene rings is 1. The summed E-state index contributed by atoms with van der Waals surface area (Å²) in [5, 5.41) is 11.0. The van der Waals surface area contributed by atoms with Gasteiger partial charge in [0, 0.05) is 19.3 Å². The smallest absolute Gasteiger partial charge is 0.320 e. The van der Waals surface area contributed by atoms with E-state index in [1.165, 1.54) is 0 Å². The number of halogens is 1. The molecule has 1 aromatic heterocycles. The van der Waals surface area contributed by atoms with E-state index < -0.39 is 0 Å². The maximum absolute atomic E-state index is 12.0. The van der Waals surface area contributed by atoms with Gasteiger partial charge < -0.3 is 10.2 Å². The van der Waals surface area contributed by atoms with Crippen molar-refractivity contribution in [2.45, 2.75) is 6.04 Å². The largest absolute Gasteiger partial charge is 0.322 e. The van der Waals surface area contributed by atoms with E-state index in [1.54, 1.807) is 34.1 Å². The summed E-state index contributed by atoms with van der Waals surface area (Å²) in [6, 6.07) is 7.22. The Morgan fingerprint density at radius 2 is 2.16 bits per heavy atom. The third kappa shape index (κ3) is 2.39. The number of carbonyl (C=O) groups is 1. The number of anilines is 1. The fraction of sp³-hybridized carbons (Fsp3) is 0.250. The molecule has 1 fully saturated rings. The summed E-state index contributed by atoms with van der Waals surface area (Å²) in [4.78, 5) is 13.7. The molecule has 0 unspecified atom stereocenters. The zero-order chi connectivity index (χ0) is 13.2. The van der Waals surface area contributed by atoms with E-state index >= 15 is 0 Å². The summed E-state index contributed by atoms with van der Waals surface area (Å²) < 4.78 is 1.76. The fourth-order valence-electron chi connectivity index (χ4n) is 1.96. The van der Waals surface area contributed by atoms with Gasteiger partial charge in [0.05, 0.1) is 22.9 Å². The first-order valence-electron chi connectivity index (χ1n) is 5.90.